The summed E-state index contributed by atoms with van der Waals surface area (Å²) in [5.41, 5.74) is 0.422. The maximum absolute atomic E-state index is 12.1. The van der Waals surface area contributed by atoms with Gasteiger partial charge in [0.25, 0.3) is 5.69 Å². The minimum absolute atomic E-state index is 0.0273. The van der Waals surface area contributed by atoms with E-state index >= 15 is 0 Å². The monoisotopic (exact) mass is 292 g/mol. The minimum Gasteiger partial charge on any atom is -0.322 e. The van der Waals surface area contributed by atoms with Gasteiger partial charge in [0.15, 0.2) is 0 Å². The highest BCUT2D eigenvalue weighted by atomic mass is 16.6. The quantitative estimate of drug-likeness (QED) is 0.681. The molecule has 1 aliphatic heterocycles. The number of rotatable bonds is 4. The Morgan fingerprint density at radius 2 is 2.05 bits per heavy atom. The standard InChI is InChI=1S/C14H20N4O3/c1-2-6-16-7-9-17(10-8-16)14(19)15-12-4-3-5-13(11-12)18(20)21/h3-5,11H,2,6-10H2,1H3,(H,15,19). The smallest absolute Gasteiger partial charge is 0.321 e. The molecule has 2 amide bonds. The van der Waals surface area contributed by atoms with Crippen LogP contribution >= 0.6 is 0 Å². The second-order valence-corrected chi connectivity index (χ2v) is 5.07. The van der Waals surface area contributed by atoms with E-state index in [9.17, 15) is 14.9 Å². The van der Waals surface area contributed by atoms with Crippen molar-refractivity contribution in [1.29, 1.82) is 0 Å². The van der Waals surface area contributed by atoms with Crippen LogP contribution < -0.4 is 5.32 Å². The normalized spacial score (nSPS) is 15.8. The Hall–Kier alpha value is -2.15. The number of nitro groups is 1. The molecule has 7 heteroatoms. The van der Waals surface area contributed by atoms with Crippen LogP contribution in [0.15, 0.2) is 24.3 Å². The second kappa shape index (κ2) is 7.03. The maximum Gasteiger partial charge on any atom is 0.321 e. The number of hydrogen-bond acceptors (Lipinski definition) is 4. The molecular weight excluding hydrogens is 272 g/mol. The zero-order valence-electron chi connectivity index (χ0n) is 12.1. The number of urea groups is 1. The van der Waals surface area contributed by atoms with Crippen LogP contribution in [0.1, 0.15) is 13.3 Å². The molecule has 0 saturated carbocycles. The van der Waals surface area contributed by atoms with Crippen LogP contribution in [0.2, 0.25) is 0 Å². The van der Waals surface area contributed by atoms with Crippen LogP contribution in [-0.4, -0.2) is 53.5 Å². The molecule has 2 rings (SSSR count). The van der Waals surface area contributed by atoms with Crippen LogP contribution in [0.25, 0.3) is 0 Å². The molecule has 1 aromatic rings. The summed E-state index contributed by atoms with van der Waals surface area (Å²) in [7, 11) is 0. The van der Waals surface area contributed by atoms with E-state index in [1.165, 1.54) is 12.1 Å². The van der Waals surface area contributed by atoms with Crippen LogP contribution in [-0.2, 0) is 0 Å². The summed E-state index contributed by atoms with van der Waals surface area (Å²) in [5, 5.41) is 13.4. The van der Waals surface area contributed by atoms with Crippen LogP contribution in [0, 0.1) is 10.1 Å². The van der Waals surface area contributed by atoms with Gasteiger partial charge in [-0.15, -0.1) is 0 Å². The first kappa shape index (κ1) is 15.2. The van der Waals surface area contributed by atoms with Gasteiger partial charge in [0.2, 0.25) is 0 Å². The lowest BCUT2D eigenvalue weighted by Gasteiger charge is -2.34. The van der Waals surface area contributed by atoms with Gasteiger partial charge >= 0.3 is 6.03 Å². The van der Waals surface area contributed by atoms with Crippen molar-refractivity contribution in [3.63, 3.8) is 0 Å². The Morgan fingerprint density at radius 3 is 2.67 bits per heavy atom. The summed E-state index contributed by atoms with van der Waals surface area (Å²) in [6, 6.07) is 5.78. The topological polar surface area (TPSA) is 78.7 Å². The summed E-state index contributed by atoms with van der Waals surface area (Å²) < 4.78 is 0. The number of benzene rings is 1. The van der Waals surface area contributed by atoms with Gasteiger partial charge in [-0.2, -0.15) is 0 Å². The average Bonchev–Trinajstić information content (AvgIpc) is 2.48. The summed E-state index contributed by atoms with van der Waals surface area (Å²) in [6.07, 6.45) is 1.11. The van der Waals surface area contributed by atoms with Crippen molar-refractivity contribution >= 4 is 17.4 Å². The number of hydrogen-bond donors (Lipinski definition) is 1. The van der Waals surface area contributed by atoms with Gasteiger partial charge in [0, 0.05) is 44.0 Å². The first-order valence-electron chi connectivity index (χ1n) is 7.13. The van der Waals surface area contributed by atoms with E-state index in [0.29, 0.717) is 18.8 Å². The average molecular weight is 292 g/mol. The Morgan fingerprint density at radius 1 is 1.33 bits per heavy atom. The van der Waals surface area contributed by atoms with E-state index in [2.05, 4.69) is 17.1 Å². The molecule has 21 heavy (non-hydrogen) atoms. The van der Waals surface area contributed by atoms with E-state index < -0.39 is 4.92 Å². The van der Waals surface area contributed by atoms with Gasteiger partial charge in [-0.05, 0) is 19.0 Å². The zero-order valence-corrected chi connectivity index (χ0v) is 12.1. The third-order valence-corrected chi connectivity index (χ3v) is 3.51. The third-order valence-electron chi connectivity index (χ3n) is 3.51. The number of nitrogens with zero attached hydrogens (tertiary/aromatic N) is 3. The highest BCUT2D eigenvalue weighted by molar-refractivity contribution is 5.89. The molecule has 7 nitrogen and oxygen atoms in total. The van der Waals surface area contributed by atoms with Gasteiger partial charge in [0.05, 0.1) is 4.92 Å². The number of non-ortho nitro benzene ring substituents is 1. The molecule has 0 atom stereocenters. The van der Waals surface area contributed by atoms with Crippen molar-refractivity contribution in [3.8, 4) is 0 Å². The fourth-order valence-electron chi connectivity index (χ4n) is 2.39. The molecule has 1 fully saturated rings. The Bertz CT molecular complexity index is 513. The maximum atomic E-state index is 12.1. The first-order chi connectivity index (χ1) is 10.1. The lowest BCUT2D eigenvalue weighted by Crippen LogP contribution is -2.50. The SMILES string of the molecule is CCCN1CCN(C(=O)Nc2cccc([N+](=O)[O-])c2)CC1. The second-order valence-electron chi connectivity index (χ2n) is 5.07. The fourth-order valence-corrected chi connectivity index (χ4v) is 2.39. The summed E-state index contributed by atoms with van der Waals surface area (Å²) >= 11 is 0. The number of nitro benzene ring substituents is 1. The minimum atomic E-state index is -0.473. The zero-order chi connectivity index (χ0) is 15.2. The molecule has 1 N–H and O–H groups in total. The highest BCUT2D eigenvalue weighted by Crippen LogP contribution is 2.17. The summed E-state index contributed by atoms with van der Waals surface area (Å²) in [6.45, 7) is 6.30. The van der Waals surface area contributed by atoms with Crippen molar-refractivity contribution in [2.45, 2.75) is 13.3 Å². The van der Waals surface area contributed by atoms with Gasteiger partial charge in [0.1, 0.15) is 0 Å². The third kappa shape index (κ3) is 4.16. The number of carbonyl (C=O) groups excluding carboxylic acids is 1. The van der Waals surface area contributed by atoms with Crippen molar-refractivity contribution in [1.82, 2.24) is 9.80 Å². The number of anilines is 1. The lowest BCUT2D eigenvalue weighted by molar-refractivity contribution is -0.384. The predicted octanol–water partition coefficient (Wildman–Crippen LogP) is 2.15. The van der Waals surface area contributed by atoms with Crippen LogP contribution in [0.4, 0.5) is 16.2 Å². The van der Waals surface area contributed by atoms with Gasteiger partial charge < -0.3 is 10.2 Å². The molecule has 0 unspecified atom stereocenters. The number of piperazine rings is 1. The van der Waals surface area contributed by atoms with Crippen molar-refractivity contribution in [3.05, 3.63) is 34.4 Å². The Labute approximate surface area is 123 Å². The van der Waals surface area contributed by atoms with Gasteiger partial charge in [-0.1, -0.05) is 13.0 Å². The molecule has 0 bridgehead atoms. The van der Waals surface area contributed by atoms with E-state index in [4.69, 9.17) is 0 Å². The van der Waals surface area contributed by atoms with E-state index in [0.717, 1.165) is 26.1 Å². The van der Waals surface area contributed by atoms with Crippen molar-refractivity contribution < 1.29 is 9.72 Å². The van der Waals surface area contributed by atoms with Crippen LogP contribution in [0.5, 0.6) is 0 Å². The molecule has 1 saturated heterocycles. The molecule has 0 spiro atoms. The van der Waals surface area contributed by atoms with E-state index in [1.807, 2.05) is 0 Å². The molecule has 1 heterocycles. The van der Waals surface area contributed by atoms with Gasteiger partial charge in [-0.3, -0.25) is 15.0 Å². The Kier molecular flexibility index (Phi) is 5.10. The fraction of sp³-hybridized carbons (Fsp3) is 0.500. The van der Waals surface area contributed by atoms with E-state index in [1.54, 1.807) is 17.0 Å². The van der Waals surface area contributed by atoms with Crippen molar-refractivity contribution in [2.75, 3.05) is 38.0 Å². The highest BCUT2D eigenvalue weighted by Gasteiger charge is 2.20. The summed E-state index contributed by atoms with van der Waals surface area (Å²) in [5.74, 6) is 0. The predicted molar refractivity (Wildman–Crippen MR) is 80.4 cm³/mol. The molecule has 0 radical (unpaired) electrons. The molecule has 0 aliphatic carbocycles. The number of amides is 2. The first-order valence-corrected chi connectivity index (χ1v) is 7.13. The summed E-state index contributed by atoms with van der Waals surface area (Å²) in [4.78, 5) is 26.5. The van der Waals surface area contributed by atoms with Crippen LogP contribution in [0.3, 0.4) is 0 Å². The van der Waals surface area contributed by atoms with Gasteiger partial charge in [-0.25, -0.2) is 4.79 Å². The molecule has 1 aromatic carbocycles. The molecule has 0 aromatic heterocycles. The molecule has 114 valence electrons. The molecular formula is C14H20N4O3. The molecule has 1 aliphatic rings. The largest absolute Gasteiger partial charge is 0.322 e. The number of carbonyl (C=O) groups is 1. The van der Waals surface area contributed by atoms with E-state index in [-0.39, 0.29) is 11.7 Å². The Balaban J connectivity index is 1.90. The lowest BCUT2D eigenvalue weighted by atomic mass is 10.3. The van der Waals surface area contributed by atoms with Crippen molar-refractivity contribution in [2.24, 2.45) is 0 Å². The number of nitrogens with one attached hydrogen (secondary N) is 1.